The monoisotopic (exact) mass is 380 g/mol. The van der Waals surface area contributed by atoms with Gasteiger partial charge in [-0.3, -0.25) is 0 Å². The molecule has 0 fully saturated rings. The highest BCUT2D eigenvalue weighted by Crippen LogP contribution is 2.34. The van der Waals surface area contributed by atoms with Crippen LogP contribution in [0.15, 0.2) is 42.5 Å². The van der Waals surface area contributed by atoms with Crippen molar-refractivity contribution in [2.45, 2.75) is 39.3 Å². The average Bonchev–Trinajstić information content (AvgIpc) is 2.54. The van der Waals surface area contributed by atoms with E-state index in [1.165, 1.54) is 18.2 Å². The maximum Gasteiger partial charge on any atom is 0.418 e. The number of para-hydroxylation sites is 1. The summed E-state index contributed by atoms with van der Waals surface area (Å²) in [6, 6.07) is 9.72. The Morgan fingerprint density at radius 1 is 1.04 bits per heavy atom. The third kappa shape index (κ3) is 5.64. The van der Waals surface area contributed by atoms with Crippen LogP contribution in [0.1, 0.15) is 37.5 Å². The lowest BCUT2D eigenvalue weighted by molar-refractivity contribution is -0.136. The number of rotatable bonds is 4. The van der Waals surface area contributed by atoms with Crippen LogP contribution in [0.25, 0.3) is 0 Å². The minimum atomic E-state index is -4.55. The van der Waals surface area contributed by atoms with E-state index >= 15 is 0 Å². The van der Waals surface area contributed by atoms with Gasteiger partial charge in [-0.2, -0.15) is 13.2 Å². The number of benzene rings is 2. The molecular weight excluding hydrogens is 357 g/mol. The predicted octanol–water partition coefficient (Wildman–Crippen LogP) is 5.47. The van der Waals surface area contributed by atoms with Gasteiger partial charge in [-0.25, -0.2) is 4.79 Å². The molecule has 146 valence electrons. The van der Waals surface area contributed by atoms with Crippen LogP contribution in [0.2, 0.25) is 0 Å². The van der Waals surface area contributed by atoms with Crippen LogP contribution in [0.5, 0.6) is 5.75 Å². The molecule has 0 unspecified atom stereocenters. The Morgan fingerprint density at radius 2 is 1.70 bits per heavy atom. The molecule has 7 heteroatoms. The van der Waals surface area contributed by atoms with Crippen molar-refractivity contribution in [1.29, 1.82) is 0 Å². The quantitative estimate of drug-likeness (QED) is 0.691. The van der Waals surface area contributed by atoms with Crippen molar-refractivity contribution >= 4 is 11.7 Å². The minimum Gasteiger partial charge on any atom is -0.473 e. The third-order valence-electron chi connectivity index (χ3n) is 3.88. The predicted molar refractivity (Wildman–Crippen MR) is 99.0 cm³/mol. The number of nitrogens with one attached hydrogen (secondary N) is 2. The molecule has 0 aliphatic rings. The highest BCUT2D eigenvalue weighted by atomic mass is 19.4. The zero-order valence-corrected chi connectivity index (χ0v) is 15.7. The van der Waals surface area contributed by atoms with Gasteiger partial charge in [-0.05, 0) is 36.1 Å². The van der Waals surface area contributed by atoms with Gasteiger partial charge in [0.05, 0.1) is 11.3 Å². The normalized spacial score (nSPS) is 11.8. The van der Waals surface area contributed by atoms with Crippen LogP contribution < -0.4 is 15.4 Å². The summed E-state index contributed by atoms with van der Waals surface area (Å²) in [5.74, 6) is 0.615. The van der Waals surface area contributed by atoms with E-state index in [1.807, 2.05) is 45.9 Å². The largest absolute Gasteiger partial charge is 0.473 e. The number of alkyl halides is 3. The summed E-state index contributed by atoms with van der Waals surface area (Å²) in [6.45, 7) is 7.93. The summed E-state index contributed by atoms with van der Waals surface area (Å²) < 4.78 is 44.5. The first kappa shape index (κ1) is 20.6. The van der Waals surface area contributed by atoms with Gasteiger partial charge in [0.25, 0.3) is 0 Å². The van der Waals surface area contributed by atoms with E-state index in [1.54, 1.807) is 0 Å². The van der Waals surface area contributed by atoms with E-state index < -0.39 is 17.8 Å². The van der Waals surface area contributed by atoms with Gasteiger partial charge in [0, 0.05) is 0 Å². The molecule has 0 atom stereocenters. The highest BCUT2D eigenvalue weighted by molar-refractivity contribution is 5.90. The van der Waals surface area contributed by atoms with E-state index in [-0.39, 0.29) is 17.8 Å². The van der Waals surface area contributed by atoms with Crippen LogP contribution in [-0.2, 0) is 11.6 Å². The Kier molecular flexibility index (Phi) is 6.03. The molecule has 0 bridgehead atoms. The smallest absolute Gasteiger partial charge is 0.418 e. The number of aryl methyl sites for hydroxylation is 1. The van der Waals surface area contributed by atoms with Crippen LogP contribution >= 0.6 is 0 Å². The van der Waals surface area contributed by atoms with E-state index in [4.69, 9.17) is 4.74 Å². The topological polar surface area (TPSA) is 50.4 Å². The standard InChI is InChI=1S/C20H23F3N2O2/c1-13-9-10-17(15(11-13)19(2,3)4)27-12-24-18(26)25-16-8-6-5-7-14(16)20(21,22)23/h5-11H,12H2,1-4H3,(H2,24,25,26). The fourth-order valence-electron chi connectivity index (χ4n) is 2.54. The number of amides is 2. The van der Waals surface area contributed by atoms with Crippen molar-refractivity contribution < 1.29 is 22.7 Å². The van der Waals surface area contributed by atoms with E-state index in [0.717, 1.165) is 17.2 Å². The second-order valence-corrected chi connectivity index (χ2v) is 7.21. The molecule has 0 spiro atoms. The summed E-state index contributed by atoms with van der Waals surface area (Å²) in [6.07, 6.45) is -4.55. The Balaban J connectivity index is 2.01. The molecule has 0 saturated heterocycles. The molecular formula is C20H23F3N2O2. The summed E-state index contributed by atoms with van der Waals surface area (Å²) in [5, 5.41) is 4.62. The SMILES string of the molecule is Cc1ccc(OCNC(=O)Nc2ccccc2C(F)(F)F)c(C(C)(C)C)c1. The van der Waals surface area contributed by atoms with Crippen LogP contribution in [0.3, 0.4) is 0 Å². The molecule has 0 heterocycles. The van der Waals surface area contributed by atoms with E-state index in [0.29, 0.717) is 5.75 Å². The van der Waals surface area contributed by atoms with Crippen molar-refractivity contribution in [3.63, 3.8) is 0 Å². The second kappa shape index (κ2) is 7.90. The van der Waals surface area contributed by atoms with Crippen molar-refractivity contribution in [3.05, 3.63) is 59.2 Å². The van der Waals surface area contributed by atoms with Gasteiger partial charge in [0.2, 0.25) is 0 Å². The molecule has 0 aliphatic carbocycles. The lowest BCUT2D eigenvalue weighted by Gasteiger charge is -2.23. The molecule has 2 rings (SSSR count). The molecule has 2 aromatic carbocycles. The zero-order valence-electron chi connectivity index (χ0n) is 15.7. The maximum atomic E-state index is 13.0. The van der Waals surface area contributed by atoms with Crippen molar-refractivity contribution in [2.75, 3.05) is 12.0 Å². The Labute approximate surface area is 156 Å². The first-order valence-corrected chi connectivity index (χ1v) is 8.43. The average molecular weight is 380 g/mol. The number of halogens is 3. The molecule has 0 aliphatic heterocycles. The van der Waals surface area contributed by atoms with Gasteiger partial charge in [0.1, 0.15) is 5.75 Å². The Hall–Kier alpha value is -2.70. The summed E-state index contributed by atoms with van der Waals surface area (Å²) in [7, 11) is 0. The fraction of sp³-hybridized carbons (Fsp3) is 0.350. The third-order valence-corrected chi connectivity index (χ3v) is 3.88. The van der Waals surface area contributed by atoms with Crippen LogP contribution in [0, 0.1) is 6.92 Å². The lowest BCUT2D eigenvalue weighted by Crippen LogP contribution is -2.33. The molecule has 27 heavy (non-hydrogen) atoms. The number of hydrogen-bond acceptors (Lipinski definition) is 2. The number of carbonyl (C=O) groups excluding carboxylic acids is 1. The van der Waals surface area contributed by atoms with E-state index in [9.17, 15) is 18.0 Å². The molecule has 2 aromatic rings. The van der Waals surface area contributed by atoms with Gasteiger partial charge in [-0.15, -0.1) is 0 Å². The van der Waals surface area contributed by atoms with Crippen molar-refractivity contribution in [2.24, 2.45) is 0 Å². The van der Waals surface area contributed by atoms with Gasteiger partial charge >= 0.3 is 12.2 Å². The minimum absolute atomic E-state index is 0.157. The number of anilines is 1. The molecule has 0 aromatic heterocycles. The highest BCUT2D eigenvalue weighted by Gasteiger charge is 2.33. The van der Waals surface area contributed by atoms with Crippen LogP contribution in [-0.4, -0.2) is 12.8 Å². The van der Waals surface area contributed by atoms with Gasteiger partial charge < -0.3 is 15.4 Å². The zero-order chi connectivity index (χ0) is 20.2. The number of urea groups is 1. The van der Waals surface area contributed by atoms with E-state index in [2.05, 4.69) is 10.6 Å². The Bertz CT molecular complexity index is 812. The van der Waals surface area contributed by atoms with Crippen molar-refractivity contribution in [1.82, 2.24) is 5.32 Å². The summed E-state index contributed by atoms with van der Waals surface area (Å²) in [4.78, 5) is 11.9. The maximum absolute atomic E-state index is 13.0. The summed E-state index contributed by atoms with van der Waals surface area (Å²) in [5.41, 5.74) is 0.687. The molecule has 2 amide bonds. The fourth-order valence-corrected chi connectivity index (χ4v) is 2.54. The summed E-state index contributed by atoms with van der Waals surface area (Å²) >= 11 is 0. The Morgan fingerprint density at radius 3 is 2.33 bits per heavy atom. The number of ether oxygens (including phenoxy) is 1. The van der Waals surface area contributed by atoms with Gasteiger partial charge in [0.15, 0.2) is 6.73 Å². The first-order chi connectivity index (χ1) is 12.5. The first-order valence-electron chi connectivity index (χ1n) is 8.43. The molecule has 2 N–H and O–H groups in total. The van der Waals surface area contributed by atoms with Crippen LogP contribution in [0.4, 0.5) is 23.7 Å². The molecule has 0 radical (unpaired) electrons. The molecule has 4 nitrogen and oxygen atoms in total. The van der Waals surface area contributed by atoms with Crippen molar-refractivity contribution in [3.8, 4) is 5.75 Å². The molecule has 0 saturated carbocycles. The lowest BCUT2D eigenvalue weighted by atomic mass is 9.85. The number of hydrogen-bond donors (Lipinski definition) is 2. The van der Waals surface area contributed by atoms with Gasteiger partial charge in [-0.1, -0.05) is 50.6 Å². The second-order valence-electron chi connectivity index (χ2n) is 7.21. The number of carbonyl (C=O) groups is 1.